The summed E-state index contributed by atoms with van der Waals surface area (Å²) in [5.41, 5.74) is 0. The van der Waals surface area contributed by atoms with Crippen LogP contribution in [0.3, 0.4) is 0 Å². The first-order valence-corrected chi connectivity index (χ1v) is 6.81. The molecule has 0 bridgehead atoms. The zero-order chi connectivity index (χ0) is 11.1. The molecule has 0 aromatic heterocycles. The number of amides is 1. The summed E-state index contributed by atoms with van der Waals surface area (Å²) in [6.07, 6.45) is 4.68. The maximum atomic E-state index is 12.1. The molecule has 1 aliphatic carbocycles. The van der Waals surface area contributed by atoms with Crippen LogP contribution >= 0.6 is 15.9 Å². The van der Waals surface area contributed by atoms with Gasteiger partial charge in [-0.1, -0.05) is 29.3 Å². The fraction of sp³-hybridized carbons (Fsp3) is 0.917. The Labute approximate surface area is 101 Å². The highest BCUT2D eigenvalue weighted by Gasteiger charge is 2.54. The Morgan fingerprint density at radius 2 is 2.00 bits per heavy atom. The summed E-state index contributed by atoms with van der Waals surface area (Å²) >= 11 is 3.60. The zero-order valence-corrected chi connectivity index (χ0v) is 11.2. The molecule has 2 aliphatic rings. The maximum Gasteiger partial charge on any atom is 0.227 e. The fourth-order valence-corrected chi connectivity index (χ4v) is 2.99. The summed E-state index contributed by atoms with van der Waals surface area (Å²) in [6.45, 7) is 6.33. The van der Waals surface area contributed by atoms with Gasteiger partial charge in [-0.2, -0.15) is 0 Å². The van der Waals surface area contributed by atoms with Crippen LogP contribution < -0.4 is 0 Å². The number of carbonyl (C=O) groups is 1. The number of carbonyl (C=O) groups excluding carboxylic acids is 1. The molecule has 2 fully saturated rings. The third-order valence-corrected chi connectivity index (χ3v) is 4.85. The second-order valence-electron chi connectivity index (χ2n) is 5.21. The molecule has 2 nitrogen and oxygen atoms in total. The highest BCUT2D eigenvalue weighted by atomic mass is 79.9. The van der Waals surface area contributed by atoms with Gasteiger partial charge in [-0.15, -0.1) is 0 Å². The van der Waals surface area contributed by atoms with Crippen LogP contribution in [-0.4, -0.2) is 28.2 Å². The van der Waals surface area contributed by atoms with Crippen LogP contribution in [0.4, 0.5) is 0 Å². The molecule has 0 aromatic rings. The molecule has 0 aromatic carbocycles. The number of hydrogen-bond acceptors (Lipinski definition) is 1. The summed E-state index contributed by atoms with van der Waals surface area (Å²) in [6, 6.07) is 0. The van der Waals surface area contributed by atoms with Crippen molar-refractivity contribution >= 4 is 21.8 Å². The van der Waals surface area contributed by atoms with E-state index in [9.17, 15) is 4.79 Å². The second-order valence-corrected chi connectivity index (χ2v) is 7.02. The molecule has 2 atom stereocenters. The molecule has 0 radical (unpaired) electrons. The van der Waals surface area contributed by atoms with Crippen molar-refractivity contribution in [3.05, 3.63) is 0 Å². The van der Waals surface area contributed by atoms with Crippen molar-refractivity contribution in [3.63, 3.8) is 0 Å². The highest BCUT2D eigenvalue weighted by molar-refractivity contribution is 9.10. The summed E-state index contributed by atoms with van der Waals surface area (Å²) in [7, 11) is 0. The quantitative estimate of drug-likeness (QED) is 0.709. The van der Waals surface area contributed by atoms with Crippen molar-refractivity contribution in [2.45, 2.75) is 43.9 Å². The van der Waals surface area contributed by atoms with E-state index in [0.29, 0.717) is 5.91 Å². The molecular weight excluding hydrogens is 254 g/mol. The van der Waals surface area contributed by atoms with Crippen LogP contribution in [0.5, 0.6) is 0 Å². The van der Waals surface area contributed by atoms with Gasteiger partial charge in [0.25, 0.3) is 0 Å². The van der Waals surface area contributed by atoms with E-state index in [1.54, 1.807) is 0 Å². The normalized spacial score (nSPS) is 36.7. The lowest BCUT2D eigenvalue weighted by Gasteiger charge is -2.32. The van der Waals surface area contributed by atoms with Crippen molar-refractivity contribution in [3.8, 4) is 0 Å². The van der Waals surface area contributed by atoms with Crippen molar-refractivity contribution in [1.29, 1.82) is 0 Å². The number of alkyl halides is 1. The predicted octanol–water partition coefficient (Wildman–Crippen LogP) is 2.81. The van der Waals surface area contributed by atoms with Crippen LogP contribution in [0.15, 0.2) is 0 Å². The lowest BCUT2D eigenvalue weighted by atomic mass is 9.94. The molecule has 1 saturated carbocycles. The number of hydrogen-bond donors (Lipinski definition) is 0. The lowest BCUT2D eigenvalue weighted by Crippen LogP contribution is -2.40. The van der Waals surface area contributed by atoms with Gasteiger partial charge in [-0.05, 0) is 32.1 Å². The Morgan fingerprint density at radius 3 is 2.40 bits per heavy atom. The molecule has 0 N–H and O–H groups in total. The van der Waals surface area contributed by atoms with Gasteiger partial charge in [0.15, 0.2) is 0 Å². The average molecular weight is 274 g/mol. The number of halogens is 1. The van der Waals surface area contributed by atoms with Gasteiger partial charge in [-0.3, -0.25) is 4.79 Å². The van der Waals surface area contributed by atoms with Crippen LogP contribution in [0.2, 0.25) is 0 Å². The summed E-state index contributed by atoms with van der Waals surface area (Å²) in [5.74, 6) is 1.48. The first-order valence-electron chi connectivity index (χ1n) is 6.02. The molecular formula is C12H20BrNO. The SMILES string of the molecule is CCC1CCN(C(=O)C2CC2(C)Br)CC1. The molecule has 3 heteroatoms. The molecule has 1 heterocycles. The van der Waals surface area contributed by atoms with Crippen LogP contribution in [0, 0.1) is 11.8 Å². The smallest absolute Gasteiger partial charge is 0.227 e. The Balaban J connectivity index is 1.84. The molecule has 15 heavy (non-hydrogen) atoms. The van der Waals surface area contributed by atoms with E-state index in [1.165, 1.54) is 19.3 Å². The predicted molar refractivity (Wildman–Crippen MR) is 65.0 cm³/mol. The molecule has 1 aliphatic heterocycles. The minimum atomic E-state index is 0.103. The lowest BCUT2D eigenvalue weighted by molar-refractivity contribution is -0.134. The van der Waals surface area contributed by atoms with E-state index in [2.05, 4.69) is 34.7 Å². The highest BCUT2D eigenvalue weighted by Crippen LogP contribution is 2.51. The standard InChI is InChI=1S/C12H20BrNO/c1-3-9-4-6-14(7-5-9)11(15)10-8-12(10,2)13/h9-10H,3-8H2,1-2H3. The molecule has 2 rings (SSSR count). The van der Waals surface area contributed by atoms with E-state index in [4.69, 9.17) is 0 Å². The summed E-state index contributed by atoms with van der Waals surface area (Å²) in [5, 5.41) is 0. The maximum absolute atomic E-state index is 12.1. The first-order chi connectivity index (χ1) is 7.04. The van der Waals surface area contributed by atoms with Crippen molar-refractivity contribution in [2.75, 3.05) is 13.1 Å². The second kappa shape index (κ2) is 4.08. The van der Waals surface area contributed by atoms with E-state index in [0.717, 1.165) is 25.4 Å². The van der Waals surface area contributed by atoms with E-state index in [-0.39, 0.29) is 10.2 Å². The number of nitrogens with zero attached hydrogens (tertiary/aromatic N) is 1. The minimum Gasteiger partial charge on any atom is -0.342 e. The number of piperidine rings is 1. The van der Waals surface area contributed by atoms with Gasteiger partial charge < -0.3 is 4.90 Å². The van der Waals surface area contributed by atoms with Gasteiger partial charge in [0, 0.05) is 17.4 Å². The van der Waals surface area contributed by atoms with Gasteiger partial charge in [0.1, 0.15) is 0 Å². The van der Waals surface area contributed by atoms with Crippen molar-refractivity contribution < 1.29 is 4.79 Å². The zero-order valence-electron chi connectivity index (χ0n) is 9.63. The number of likely N-dealkylation sites (tertiary alicyclic amines) is 1. The van der Waals surface area contributed by atoms with Gasteiger partial charge in [0.05, 0.1) is 5.92 Å². The Morgan fingerprint density at radius 1 is 1.47 bits per heavy atom. The Hall–Kier alpha value is -0.0500. The van der Waals surface area contributed by atoms with Gasteiger partial charge in [-0.25, -0.2) is 0 Å². The molecule has 1 amide bonds. The first kappa shape index (κ1) is 11.4. The molecule has 0 spiro atoms. The van der Waals surface area contributed by atoms with Crippen molar-refractivity contribution in [2.24, 2.45) is 11.8 Å². The van der Waals surface area contributed by atoms with Crippen LogP contribution in [-0.2, 0) is 4.79 Å². The Bertz CT molecular complexity index is 256. The van der Waals surface area contributed by atoms with E-state index >= 15 is 0 Å². The monoisotopic (exact) mass is 273 g/mol. The largest absolute Gasteiger partial charge is 0.342 e. The topological polar surface area (TPSA) is 20.3 Å². The van der Waals surface area contributed by atoms with Gasteiger partial charge >= 0.3 is 0 Å². The fourth-order valence-electron chi connectivity index (χ4n) is 2.47. The van der Waals surface area contributed by atoms with Gasteiger partial charge in [0.2, 0.25) is 5.91 Å². The number of rotatable bonds is 2. The van der Waals surface area contributed by atoms with Crippen LogP contribution in [0.1, 0.15) is 39.5 Å². The Kier molecular flexibility index (Phi) is 3.11. The molecule has 1 saturated heterocycles. The third-order valence-electron chi connectivity index (χ3n) is 3.97. The van der Waals surface area contributed by atoms with Crippen LogP contribution in [0.25, 0.3) is 0 Å². The molecule has 86 valence electrons. The van der Waals surface area contributed by atoms with Crippen molar-refractivity contribution in [1.82, 2.24) is 4.90 Å². The average Bonchev–Trinajstić information content (AvgIpc) is 2.87. The summed E-state index contributed by atoms with van der Waals surface area (Å²) < 4.78 is 0.103. The summed E-state index contributed by atoms with van der Waals surface area (Å²) in [4.78, 5) is 14.1. The third kappa shape index (κ3) is 2.38. The molecule has 2 unspecified atom stereocenters. The minimum absolute atomic E-state index is 0.103. The van der Waals surface area contributed by atoms with E-state index in [1.807, 2.05) is 0 Å². The van der Waals surface area contributed by atoms with E-state index < -0.39 is 0 Å².